The van der Waals surface area contributed by atoms with Gasteiger partial charge < -0.3 is 18.8 Å². The SMILES string of the molecule is N#Cc1c(C#N)c2c(c(N3c4ccc(-c5ccccc5)cc4Oc4cc5oc6ccccc6c5cc43)c1C#N)C1CCC2O1. The Balaban J connectivity index is 1.39. The summed E-state index contributed by atoms with van der Waals surface area (Å²) in [5.41, 5.74) is 7.44. The number of benzene rings is 5. The molecule has 2 bridgehead atoms. The number of rotatable bonds is 2. The minimum atomic E-state index is -0.288. The van der Waals surface area contributed by atoms with Crippen molar-refractivity contribution in [2.24, 2.45) is 0 Å². The van der Waals surface area contributed by atoms with E-state index < -0.39 is 0 Å². The normalized spacial score (nSPS) is 17.3. The third-order valence-electron chi connectivity index (χ3n) is 9.00. The first-order chi connectivity index (χ1) is 21.7. The van der Waals surface area contributed by atoms with Crippen molar-refractivity contribution in [3.05, 3.63) is 113 Å². The third kappa shape index (κ3) is 3.21. The Bertz CT molecular complexity index is 2350. The first kappa shape index (κ1) is 24.5. The molecule has 1 aromatic heterocycles. The molecule has 44 heavy (non-hydrogen) atoms. The second-order valence-electron chi connectivity index (χ2n) is 11.2. The maximum atomic E-state index is 10.6. The van der Waals surface area contributed by atoms with Gasteiger partial charge in [0, 0.05) is 28.0 Å². The lowest BCUT2D eigenvalue weighted by Crippen LogP contribution is -2.21. The first-order valence-corrected chi connectivity index (χ1v) is 14.4. The van der Waals surface area contributed by atoms with Crippen molar-refractivity contribution in [2.75, 3.05) is 4.90 Å². The fraction of sp³-hybridized carbons (Fsp3) is 0.108. The van der Waals surface area contributed by atoms with Crippen LogP contribution in [0, 0.1) is 34.0 Å². The highest BCUT2D eigenvalue weighted by molar-refractivity contribution is 6.08. The molecule has 0 spiro atoms. The van der Waals surface area contributed by atoms with E-state index in [0.717, 1.165) is 57.1 Å². The van der Waals surface area contributed by atoms with Gasteiger partial charge in [-0.3, -0.25) is 0 Å². The molecule has 9 rings (SSSR count). The number of anilines is 3. The molecule has 0 aliphatic carbocycles. The van der Waals surface area contributed by atoms with Gasteiger partial charge >= 0.3 is 0 Å². The number of ether oxygens (including phenoxy) is 2. The number of hydrogen-bond acceptors (Lipinski definition) is 7. The van der Waals surface area contributed by atoms with Crippen LogP contribution in [-0.2, 0) is 4.74 Å². The minimum absolute atomic E-state index is 0.0743. The van der Waals surface area contributed by atoms with Crippen LogP contribution in [0.15, 0.2) is 89.3 Å². The minimum Gasteiger partial charge on any atom is -0.456 e. The van der Waals surface area contributed by atoms with Crippen molar-refractivity contribution in [1.82, 2.24) is 0 Å². The Morgan fingerprint density at radius 1 is 0.614 bits per heavy atom. The molecule has 4 heterocycles. The lowest BCUT2D eigenvalue weighted by Gasteiger charge is -2.36. The van der Waals surface area contributed by atoms with E-state index in [-0.39, 0.29) is 28.9 Å². The third-order valence-corrected chi connectivity index (χ3v) is 9.00. The van der Waals surface area contributed by atoms with E-state index in [1.807, 2.05) is 89.8 Å². The predicted octanol–water partition coefficient (Wildman–Crippen LogP) is 9.35. The molecule has 206 valence electrons. The number of fused-ring (bicyclic) bond motifs is 10. The molecule has 1 fully saturated rings. The zero-order valence-electron chi connectivity index (χ0n) is 23.2. The van der Waals surface area contributed by atoms with E-state index in [9.17, 15) is 15.8 Å². The second-order valence-corrected chi connectivity index (χ2v) is 11.2. The first-order valence-electron chi connectivity index (χ1n) is 14.4. The average molecular weight is 569 g/mol. The van der Waals surface area contributed by atoms with Gasteiger partial charge in [0.2, 0.25) is 0 Å². The summed E-state index contributed by atoms with van der Waals surface area (Å²) < 4.78 is 19.2. The molecule has 3 aliphatic rings. The zero-order valence-corrected chi connectivity index (χ0v) is 23.2. The Hall–Kier alpha value is -6.07. The highest BCUT2D eigenvalue weighted by Gasteiger charge is 2.46. The maximum absolute atomic E-state index is 10.6. The van der Waals surface area contributed by atoms with Crippen LogP contribution >= 0.6 is 0 Å². The van der Waals surface area contributed by atoms with Crippen LogP contribution in [0.3, 0.4) is 0 Å². The van der Waals surface area contributed by atoms with Gasteiger partial charge in [0.25, 0.3) is 0 Å². The maximum Gasteiger partial charge on any atom is 0.155 e. The van der Waals surface area contributed by atoms with E-state index in [0.29, 0.717) is 28.5 Å². The molecule has 2 atom stereocenters. The molecule has 7 nitrogen and oxygen atoms in total. The van der Waals surface area contributed by atoms with E-state index in [4.69, 9.17) is 13.9 Å². The van der Waals surface area contributed by atoms with Gasteiger partial charge in [0.15, 0.2) is 11.5 Å². The monoisotopic (exact) mass is 568 g/mol. The van der Waals surface area contributed by atoms with Gasteiger partial charge in [-0.25, -0.2) is 0 Å². The van der Waals surface area contributed by atoms with Crippen molar-refractivity contribution in [3.8, 4) is 40.8 Å². The summed E-state index contributed by atoms with van der Waals surface area (Å²) in [6.45, 7) is 0. The number of furan rings is 1. The summed E-state index contributed by atoms with van der Waals surface area (Å²) in [5, 5.41) is 33.0. The molecular weight excluding hydrogens is 548 g/mol. The molecular formula is C37H20N4O3. The van der Waals surface area contributed by atoms with Crippen LogP contribution < -0.4 is 9.64 Å². The Morgan fingerprint density at radius 2 is 1.34 bits per heavy atom. The average Bonchev–Trinajstić information content (AvgIpc) is 3.79. The smallest absolute Gasteiger partial charge is 0.155 e. The number of para-hydroxylation sites is 1. The van der Waals surface area contributed by atoms with Gasteiger partial charge in [-0.05, 0) is 48.2 Å². The van der Waals surface area contributed by atoms with Crippen molar-refractivity contribution in [2.45, 2.75) is 25.0 Å². The fourth-order valence-electron chi connectivity index (χ4n) is 7.14. The quantitative estimate of drug-likeness (QED) is 0.204. The van der Waals surface area contributed by atoms with E-state index in [2.05, 4.69) is 18.2 Å². The van der Waals surface area contributed by atoms with E-state index >= 15 is 0 Å². The van der Waals surface area contributed by atoms with Crippen LogP contribution in [0.5, 0.6) is 11.5 Å². The van der Waals surface area contributed by atoms with Crippen molar-refractivity contribution >= 4 is 39.0 Å². The number of nitriles is 3. The van der Waals surface area contributed by atoms with Crippen LogP contribution in [0.1, 0.15) is 52.9 Å². The highest BCUT2D eigenvalue weighted by atomic mass is 16.5. The van der Waals surface area contributed by atoms with Crippen LogP contribution in [0.25, 0.3) is 33.1 Å². The van der Waals surface area contributed by atoms with Gasteiger partial charge in [0.05, 0.1) is 46.0 Å². The summed E-state index contributed by atoms with van der Waals surface area (Å²) in [6, 6.07) is 34.6. The summed E-state index contributed by atoms with van der Waals surface area (Å²) in [6.07, 6.45) is 0.966. The zero-order chi connectivity index (χ0) is 29.5. The summed E-state index contributed by atoms with van der Waals surface area (Å²) in [7, 11) is 0. The van der Waals surface area contributed by atoms with Crippen LogP contribution in [0.4, 0.5) is 17.1 Å². The Morgan fingerprint density at radius 3 is 2.14 bits per heavy atom. The van der Waals surface area contributed by atoms with Crippen molar-refractivity contribution < 1.29 is 13.9 Å². The van der Waals surface area contributed by atoms with Gasteiger partial charge in [-0.1, -0.05) is 54.6 Å². The van der Waals surface area contributed by atoms with E-state index in [1.54, 1.807) is 0 Å². The summed E-state index contributed by atoms with van der Waals surface area (Å²) in [5.74, 6) is 1.15. The molecule has 0 saturated carbocycles. The number of nitrogens with zero attached hydrogens (tertiary/aromatic N) is 4. The number of hydrogen-bond donors (Lipinski definition) is 0. The topological polar surface area (TPSA) is 106 Å². The van der Waals surface area contributed by atoms with Crippen molar-refractivity contribution in [3.63, 3.8) is 0 Å². The van der Waals surface area contributed by atoms with Crippen molar-refractivity contribution in [1.29, 1.82) is 15.8 Å². The Labute approximate surface area is 251 Å². The predicted molar refractivity (Wildman–Crippen MR) is 164 cm³/mol. The van der Waals surface area contributed by atoms with Crippen LogP contribution in [0.2, 0.25) is 0 Å². The molecule has 6 aromatic rings. The molecule has 7 heteroatoms. The molecule has 1 saturated heterocycles. The molecule has 3 aliphatic heterocycles. The van der Waals surface area contributed by atoms with Gasteiger partial charge in [-0.2, -0.15) is 15.8 Å². The molecule has 2 unspecified atom stereocenters. The standard InChI is InChI=1S/C37H20N4O3/c38-17-24-25(18-39)35-30-12-13-31(43-30)36(35)37(26(24)19-40)41-27-11-10-21(20-6-2-1-3-7-20)14-33(27)44-34-16-32-23(15-28(34)41)22-8-4-5-9-29(22)42-32/h1-11,14-16,30-31H,12-13H2. The van der Waals surface area contributed by atoms with Gasteiger partial charge in [-0.15, -0.1) is 0 Å². The molecule has 0 amide bonds. The van der Waals surface area contributed by atoms with E-state index in [1.165, 1.54) is 0 Å². The van der Waals surface area contributed by atoms with Crippen LogP contribution in [-0.4, -0.2) is 0 Å². The fourth-order valence-corrected chi connectivity index (χ4v) is 7.14. The highest BCUT2D eigenvalue weighted by Crippen LogP contribution is 2.61. The lowest BCUT2D eigenvalue weighted by atomic mass is 9.82. The molecule has 0 N–H and O–H groups in total. The largest absolute Gasteiger partial charge is 0.456 e. The Kier molecular flexibility index (Phi) is 5.00. The summed E-state index contributed by atoms with van der Waals surface area (Å²) in [4.78, 5) is 2.02. The van der Waals surface area contributed by atoms with Gasteiger partial charge in [0.1, 0.15) is 29.4 Å². The molecule has 0 radical (unpaired) electrons. The summed E-state index contributed by atoms with van der Waals surface area (Å²) >= 11 is 0. The lowest BCUT2D eigenvalue weighted by molar-refractivity contribution is 0.0717. The second kappa shape index (κ2) is 8.96. The molecule has 5 aromatic carbocycles.